The molecule has 2 aliphatic carbocycles. The lowest BCUT2D eigenvalue weighted by Gasteiger charge is -2.22. The van der Waals surface area contributed by atoms with E-state index in [4.69, 9.17) is 11.5 Å². The SMILES string of the molecule is C[C@@H]1CCC[C@@H](N)C1.C[C@H]1CCC[C@H](N)C1.Cl.Cl. The summed E-state index contributed by atoms with van der Waals surface area (Å²) in [5, 5.41) is 0. The molecule has 2 nitrogen and oxygen atoms in total. The summed E-state index contributed by atoms with van der Waals surface area (Å²) < 4.78 is 0. The third-order valence-corrected chi connectivity index (χ3v) is 3.95. The highest BCUT2D eigenvalue weighted by atomic mass is 35.5. The predicted octanol–water partition coefficient (Wildman–Crippen LogP) is 3.89. The summed E-state index contributed by atoms with van der Waals surface area (Å²) in [6.07, 6.45) is 10.5. The van der Waals surface area contributed by atoms with Crippen molar-refractivity contribution in [1.82, 2.24) is 0 Å². The van der Waals surface area contributed by atoms with Crippen LogP contribution in [0.1, 0.15) is 65.2 Å². The second kappa shape index (κ2) is 11.3. The highest BCUT2D eigenvalue weighted by molar-refractivity contribution is 5.85. The Morgan fingerprint density at radius 3 is 1.17 bits per heavy atom. The maximum absolute atomic E-state index is 5.73. The zero-order valence-corrected chi connectivity index (χ0v) is 13.6. The summed E-state index contributed by atoms with van der Waals surface area (Å²) >= 11 is 0. The van der Waals surface area contributed by atoms with Gasteiger partial charge in [-0.1, -0.05) is 39.5 Å². The molecule has 0 bridgehead atoms. The molecule has 0 radical (unpaired) electrons. The summed E-state index contributed by atoms with van der Waals surface area (Å²) in [7, 11) is 0. The Bertz CT molecular complexity index is 155. The van der Waals surface area contributed by atoms with Gasteiger partial charge in [0.05, 0.1) is 0 Å². The highest BCUT2D eigenvalue weighted by Crippen LogP contribution is 2.22. The fraction of sp³-hybridized carbons (Fsp3) is 1.00. The quantitative estimate of drug-likeness (QED) is 0.713. The van der Waals surface area contributed by atoms with Crippen LogP contribution in [0.4, 0.5) is 0 Å². The fourth-order valence-corrected chi connectivity index (χ4v) is 2.96. The molecule has 2 saturated carbocycles. The van der Waals surface area contributed by atoms with E-state index in [1.807, 2.05) is 0 Å². The zero-order chi connectivity index (χ0) is 12.0. The first-order chi connectivity index (χ1) is 7.58. The van der Waals surface area contributed by atoms with Crippen molar-refractivity contribution < 1.29 is 0 Å². The van der Waals surface area contributed by atoms with Crippen LogP contribution in [0, 0.1) is 11.8 Å². The van der Waals surface area contributed by atoms with Crippen molar-refractivity contribution in [2.75, 3.05) is 0 Å². The van der Waals surface area contributed by atoms with E-state index in [0.29, 0.717) is 12.1 Å². The van der Waals surface area contributed by atoms with Crippen LogP contribution in [0.5, 0.6) is 0 Å². The molecule has 2 rings (SSSR count). The van der Waals surface area contributed by atoms with Crippen molar-refractivity contribution in [2.24, 2.45) is 23.3 Å². The molecule has 18 heavy (non-hydrogen) atoms. The Morgan fingerprint density at radius 1 is 0.667 bits per heavy atom. The normalized spacial score (nSPS) is 35.3. The Kier molecular flexibility index (Phi) is 13.1. The van der Waals surface area contributed by atoms with E-state index in [1.165, 1.54) is 51.4 Å². The predicted molar refractivity (Wildman–Crippen MR) is 85.7 cm³/mol. The lowest BCUT2D eigenvalue weighted by atomic mass is 9.88. The number of rotatable bonds is 0. The monoisotopic (exact) mass is 298 g/mol. The topological polar surface area (TPSA) is 52.0 Å². The Labute approximate surface area is 125 Å². The minimum atomic E-state index is 0. The van der Waals surface area contributed by atoms with Gasteiger partial charge < -0.3 is 11.5 Å². The molecule has 0 aromatic carbocycles. The third-order valence-electron chi connectivity index (χ3n) is 3.95. The first-order valence-corrected chi connectivity index (χ1v) is 7.09. The standard InChI is InChI=1S/2C7H15N.2ClH/c2*1-6-3-2-4-7(8)5-6;;/h2*6-7H,2-5,8H2,1H3;2*1H/t2*6-,7-;;/m10../s1. The molecule has 0 aliphatic heterocycles. The summed E-state index contributed by atoms with van der Waals surface area (Å²) in [6.45, 7) is 4.58. The first-order valence-electron chi connectivity index (χ1n) is 7.09. The Balaban J connectivity index is 0. The van der Waals surface area contributed by atoms with Gasteiger partial charge in [0, 0.05) is 12.1 Å². The summed E-state index contributed by atoms with van der Waals surface area (Å²) in [5.74, 6) is 1.78. The molecule has 0 spiro atoms. The van der Waals surface area contributed by atoms with Crippen molar-refractivity contribution in [3.63, 3.8) is 0 Å². The van der Waals surface area contributed by atoms with Gasteiger partial charge in [0.2, 0.25) is 0 Å². The molecule has 4 heteroatoms. The maximum atomic E-state index is 5.73. The van der Waals surface area contributed by atoms with E-state index in [2.05, 4.69) is 13.8 Å². The third kappa shape index (κ3) is 9.43. The summed E-state index contributed by atoms with van der Waals surface area (Å²) in [5.41, 5.74) is 11.5. The fourth-order valence-electron chi connectivity index (χ4n) is 2.96. The van der Waals surface area contributed by atoms with Gasteiger partial charge in [-0.25, -0.2) is 0 Å². The number of hydrogen-bond acceptors (Lipinski definition) is 2. The van der Waals surface area contributed by atoms with Crippen molar-refractivity contribution in [2.45, 2.75) is 77.3 Å². The molecule has 4 atom stereocenters. The van der Waals surface area contributed by atoms with E-state index >= 15 is 0 Å². The highest BCUT2D eigenvalue weighted by Gasteiger charge is 2.14. The van der Waals surface area contributed by atoms with Crippen LogP contribution in [-0.2, 0) is 0 Å². The van der Waals surface area contributed by atoms with E-state index < -0.39 is 0 Å². The van der Waals surface area contributed by atoms with E-state index in [9.17, 15) is 0 Å². The molecule has 2 aliphatic rings. The van der Waals surface area contributed by atoms with Crippen molar-refractivity contribution in [3.8, 4) is 0 Å². The van der Waals surface area contributed by atoms with E-state index in [-0.39, 0.29) is 24.8 Å². The van der Waals surface area contributed by atoms with Gasteiger partial charge in [-0.2, -0.15) is 0 Å². The Hall–Kier alpha value is 0.500. The van der Waals surface area contributed by atoms with Crippen LogP contribution in [0.3, 0.4) is 0 Å². The average molecular weight is 299 g/mol. The van der Waals surface area contributed by atoms with Gasteiger partial charge in [0.15, 0.2) is 0 Å². The lowest BCUT2D eigenvalue weighted by Crippen LogP contribution is -2.26. The van der Waals surface area contributed by atoms with Gasteiger partial charge in [-0.05, 0) is 37.5 Å². The minimum Gasteiger partial charge on any atom is -0.328 e. The molecule has 4 N–H and O–H groups in total. The second-order valence-corrected chi connectivity index (χ2v) is 6.06. The van der Waals surface area contributed by atoms with E-state index in [1.54, 1.807) is 0 Å². The van der Waals surface area contributed by atoms with Crippen LogP contribution in [0.15, 0.2) is 0 Å². The Morgan fingerprint density at radius 2 is 1.00 bits per heavy atom. The molecular formula is C14H32Cl2N2. The molecule has 0 heterocycles. The summed E-state index contributed by atoms with van der Waals surface area (Å²) in [4.78, 5) is 0. The van der Waals surface area contributed by atoms with Crippen LogP contribution in [-0.4, -0.2) is 12.1 Å². The van der Waals surface area contributed by atoms with Crippen LogP contribution in [0.25, 0.3) is 0 Å². The van der Waals surface area contributed by atoms with Crippen LogP contribution >= 0.6 is 24.8 Å². The number of halogens is 2. The first kappa shape index (κ1) is 20.8. The molecule has 0 saturated heterocycles. The molecule has 112 valence electrons. The van der Waals surface area contributed by atoms with Crippen LogP contribution in [0.2, 0.25) is 0 Å². The van der Waals surface area contributed by atoms with E-state index in [0.717, 1.165) is 11.8 Å². The minimum absolute atomic E-state index is 0. The van der Waals surface area contributed by atoms with Crippen molar-refractivity contribution in [1.29, 1.82) is 0 Å². The van der Waals surface area contributed by atoms with Crippen molar-refractivity contribution in [3.05, 3.63) is 0 Å². The van der Waals surface area contributed by atoms with Gasteiger partial charge in [0.25, 0.3) is 0 Å². The van der Waals surface area contributed by atoms with Gasteiger partial charge in [-0.3, -0.25) is 0 Å². The second-order valence-electron chi connectivity index (χ2n) is 6.06. The zero-order valence-electron chi connectivity index (χ0n) is 11.9. The van der Waals surface area contributed by atoms with Gasteiger partial charge in [0.1, 0.15) is 0 Å². The van der Waals surface area contributed by atoms with Gasteiger partial charge >= 0.3 is 0 Å². The number of hydrogen-bond donors (Lipinski definition) is 2. The lowest BCUT2D eigenvalue weighted by molar-refractivity contribution is 0.344. The molecule has 0 amide bonds. The van der Waals surface area contributed by atoms with Crippen molar-refractivity contribution >= 4 is 24.8 Å². The molecule has 0 aromatic heterocycles. The largest absolute Gasteiger partial charge is 0.328 e. The van der Waals surface area contributed by atoms with Gasteiger partial charge in [-0.15, -0.1) is 24.8 Å². The van der Waals surface area contributed by atoms with Crippen LogP contribution < -0.4 is 11.5 Å². The molecule has 0 unspecified atom stereocenters. The smallest absolute Gasteiger partial charge is 0.00413 e. The summed E-state index contributed by atoms with van der Waals surface area (Å²) in [6, 6.07) is 1.03. The number of nitrogens with two attached hydrogens (primary N) is 2. The average Bonchev–Trinajstić information content (AvgIpc) is 2.17. The molecule has 2 fully saturated rings. The molecule has 0 aromatic rings. The maximum Gasteiger partial charge on any atom is 0.00413 e. The molecular weight excluding hydrogens is 267 g/mol.